The number of halogens is 3. The first-order valence-corrected chi connectivity index (χ1v) is 9.53. The van der Waals surface area contributed by atoms with Gasteiger partial charge in [-0.2, -0.15) is 0 Å². The van der Waals surface area contributed by atoms with E-state index in [1.807, 2.05) is 0 Å². The molecule has 0 radical (unpaired) electrons. The van der Waals surface area contributed by atoms with Crippen LogP contribution in [0.2, 0.25) is 0 Å². The van der Waals surface area contributed by atoms with Crippen LogP contribution in [-0.4, -0.2) is 6.54 Å². The number of thiophene rings is 2. The molecule has 0 aliphatic rings. The van der Waals surface area contributed by atoms with E-state index in [0.29, 0.717) is 6.04 Å². The molecule has 0 amide bonds. The van der Waals surface area contributed by atoms with Crippen molar-refractivity contribution in [2.24, 2.45) is 0 Å². The van der Waals surface area contributed by atoms with Crippen molar-refractivity contribution in [2.45, 2.75) is 19.4 Å². The molecule has 0 bridgehead atoms. The summed E-state index contributed by atoms with van der Waals surface area (Å²) in [6.07, 6.45) is 1.03. The van der Waals surface area contributed by atoms with E-state index in [-0.39, 0.29) is 0 Å². The van der Waals surface area contributed by atoms with Crippen molar-refractivity contribution >= 4 is 70.5 Å². The lowest BCUT2D eigenvalue weighted by Gasteiger charge is -2.15. The van der Waals surface area contributed by atoms with Gasteiger partial charge in [0.25, 0.3) is 0 Å². The fourth-order valence-electron chi connectivity index (χ4n) is 1.72. The summed E-state index contributed by atoms with van der Waals surface area (Å²) in [7, 11) is 0. The van der Waals surface area contributed by atoms with Crippen LogP contribution in [-0.2, 0) is 6.42 Å². The van der Waals surface area contributed by atoms with Crippen LogP contribution in [0.3, 0.4) is 0 Å². The second-order valence-corrected chi connectivity index (χ2v) is 9.59. The van der Waals surface area contributed by atoms with E-state index in [4.69, 9.17) is 0 Å². The van der Waals surface area contributed by atoms with Gasteiger partial charge in [-0.05, 0) is 72.5 Å². The SMILES string of the molecule is CCNC(Cc1ccc(Br)s1)c1cc(Br)c(Br)s1. The van der Waals surface area contributed by atoms with Crippen molar-refractivity contribution in [1.29, 1.82) is 0 Å². The summed E-state index contributed by atoms with van der Waals surface area (Å²) in [6.45, 7) is 3.12. The van der Waals surface area contributed by atoms with Gasteiger partial charge < -0.3 is 5.32 Å². The molecule has 0 saturated heterocycles. The van der Waals surface area contributed by atoms with E-state index in [2.05, 4.69) is 78.2 Å². The average molecular weight is 474 g/mol. The Morgan fingerprint density at radius 1 is 1.22 bits per heavy atom. The Morgan fingerprint density at radius 2 is 2.00 bits per heavy atom. The number of hydrogen-bond acceptors (Lipinski definition) is 3. The molecule has 2 aromatic rings. The summed E-state index contributed by atoms with van der Waals surface area (Å²) in [4.78, 5) is 2.76. The average Bonchev–Trinajstić information content (AvgIpc) is 2.86. The number of nitrogens with one attached hydrogen (secondary N) is 1. The van der Waals surface area contributed by atoms with Gasteiger partial charge in [-0.1, -0.05) is 6.92 Å². The molecular formula is C12H12Br3NS2. The summed E-state index contributed by atoms with van der Waals surface area (Å²) < 4.78 is 3.49. The molecule has 2 aromatic heterocycles. The Bertz CT molecular complexity index is 502. The zero-order valence-corrected chi connectivity index (χ0v) is 16.1. The van der Waals surface area contributed by atoms with E-state index >= 15 is 0 Å². The van der Waals surface area contributed by atoms with Gasteiger partial charge in [0.1, 0.15) is 0 Å². The van der Waals surface area contributed by atoms with Crippen LogP contribution >= 0.6 is 70.5 Å². The molecule has 98 valence electrons. The molecule has 0 aromatic carbocycles. The number of rotatable bonds is 5. The second-order valence-electron chi connectivity index (χ2n) is 3.79. The number of hydrogen-bond donors (Lipinski definition) is 1. The smallest absolute Gasteiger partial charge is 0.0843 e. The lowest BCUT2D eigenvalue weighted by Crippen LogP contribution is -2.21. The van der Waals surface area contributed by atoms with Crippen LogP contribution in [0.1, 0.15) is 22.7 Å². The lowest BCUT2D eigenvalue weighted by atomic mass is 10.1. The quantitative estimate of drug-likeness (QED) is 0.562. The fourth-order valence-corrected chi connectivity index (χ4v) is 5.41. The molecule has 1 nitrogen and oxygen atoms in total. The van der Waals surface area contributed by atoms with Gasteiger partial charge in [0, 0.05) is 26.7 Å². The van der Waals surface area contributed by atoms with Crippen molar-refractivity contribution in [1.82, 2.24) is 5.32 Å². The maximum absolute atomic E-state index is 3.56. The first kappa shape index (κ1) is 15.2. The molecule has 0 aliphatic carbocycles. The Balaban J connectivity index is 2.17. The first-order valence-electron chi connectivity index (χ1n) is 5.52. The third-order valence-corrected chi connectivity index (χ3v) is 7.51. The van der Waals surface area contributed by atoms with Gasteiger partial charge in [-0.15, -0.1) is 22.7 Å². The van der Waals surface area contributed by atoms with Crippen molar-refractivity contribution in [2.75, 3.05) is 6.54 Å². The summed E-state index contributed by atoms with van der Waals surface area (Å²) in [6, 6.07) is 6.89. The molecular weight excluding hydrogens is 462 g/mol. The first-order chi connectivity index (χ1) is 8.60. The van der Waals surface area contributed by atoms with E-state index in [1.165, 1.54) is 13.5 Å². The van der Waals surface area contributed by atoms with Crippen LogP contribution in [0.25, 0.3) is 0 Å². The van der Waals surface area contributed by atoms with E-state index < -0.39 is 0 Å². The van der Waals surface area contributed by atoms with E-state index in [0.717, 1.165) is 21.2 Å². The summed E-state index contributed by atoms with van der Waals surface area (Å²) in [5.41, 5.74) is 0. The summed E-state index contributed by atoms with van der Waals surface area (Å²) in [5, 5.41) is 3.56. The Hall–Kier alpha value is 0.800. The van der Waals surface area contributed by atoms with Crippen molar-refractivity contribution < 1.29 is 0 Å². The minimum Gasteiger partial charge on any atom is -0.309 e. The van der Waals surface area contributed by atoms with Crippen LogP contribution in [0, 0.1) is 0 Å². The molecule has 1 atom stereocenters. The van der Waals surface area contributed by atoms with E-state index in [1.54, 1.807) is 22.7 Å². The fraction of sp³-hybridized carbons (Fsp3) is 0.333. The molecule has 1 N–H and O–H groups in total. The van der Waals surface area contributed by atoms with Gasteiger partial charge in [0.05, 0.1) is 7.57 Å². The van der Waals surface area contributed by atoms with Crippen LogP contribution < -0.4 is 5.32 Å². The highest BCUT2D eigenvalue weighted by molar-refractivity contribution is 9.13. The highest BCUT2D eigenvalue weighted by Gasteiger charge is 2.16. The van der Waals surface area contributed by atoms with Crippen LogP contribution in [0.15, 0.2) is 30.2 Å². The maximum Gasteiger partial charge on any atom is 0.0843 e. The monoisotopic (exact) mass is 471 g/mol. The second kappa shape index (κ2) is 6.99. The molecule has 2 rings (SSSR count). The standard InChI is InChI=1S/C12H12Br3NS2/c1-2-16-9(5-7-3-4-11(14)17-7)10-6-8(13)12(15)18-10/h3-4,6,9,16H,2,5H2,1H3. The largest absolute Gasteiger partial charge is 0.309 e. The molecule has 18 heavy (non-hydrogen) atoms. The third-order valence-electron chi connectivity index (χ3n) is 2.49. The molecule has 1 unspecified atom stereocenters. The Morgan fingerprint density at radius 3 is 2.50 bits per heavy atom. The summed E-state index contributed by atoms with van der Waals surface area (Å²) >= 11 is 14.2. The van der Waals surface area contributed by atoms with E-state index in [9.17, 15) is 0 Å². The molecule has 6 heteroatoms. The van der Waals surface area contributed by atoms with Gasteiger partial charge in [0.15, 0.2) is 0 Å². The molecule has 0 spiro atoms. The Labute approximate surface area is 140 Å². The maximum atomic E-state index is 3.56. The van der Waals surface area contributed by atoms with Crippen molar-refractivity contribution in [3.8, 4) is 0 Å². The van der Waals surface area contributed by atoms with Gasteiger partial charge in [0.2, 0.25) is 0 Å². The molecule has 2 heterocycles. The van der Waals surface area contributed by atoms with Crippen LogP contribution in [0.5, 0.6) is 0 Å². The Kier molecular flexibility index (Phi) is 5.90. The molecule has 0 saturated carbocycles. The highest BCUT2D eigenvalue weighted by atomic mass is 79.9. The van der Waals surface area contributed by atoms with Crippen molar-refractivity contribution in [3.05, 3.63) is 40.0 Å². The number of likely N-dealkylation sites (N-methyl/N-ethyl adjacent to an activating group) is 1. The third kappa shape index (κ3) is 3.90. The summed E-state index contributed by atoms with van der Waals surface area (Å²) in [5.74, 6) is 0. The normalized spacial score (nSPS) is 12.9. The zero-order valence-electron chi connectivity index (χ0n) is 9.67. The highest BCUT2D eigenvalue weighted by Crippen LogP contribution is 2.37. The predicted molar refractivity (Wildman–Crippen MR) is 91.9 cm³/mol. The predicted octanol–water partition coefficient (Wildman–Crippen LogP) is 5.99. The molecule has 0 aliphatic heterocycles. The lowest BCUT2D eigenvalue weighted by molar-refractivity contribution is 0.561. The zero-order chi connectivity index (χ0) is 13.1. The van der Waals surface area contributed by atoms with Gasteiger partial charge in [-0.3, -0.25) is 0 Å². The topological polar surface area (TPSA) is 12.0 Å². The van der Waals surface area contributed by atoms with Gasteiger partial charge in [-0.25, -0.2) is 0 Å². The minimum absolute atomic E-state index is 0.383. The van der Waals surface area contributed by atoms with Crippen LogP contribution in [0.4, 0.5) is 0 Å². The molecule has 0 fully saturated rings. The minimum atomic E-state index is 0.383. The van der Waals surface area contributed by atoms with Gasteiger partial charge >= 0.3 is 0 Å². The van der Waals surface area contributed by atoms with Crippen molar-refractivity contribution in [3.63, 3.8) is 0 Å².